The van der Waals surface area contributed by atoms with Crippen molar-refractivity contribution in [2.24, 2.45) is 4.99 Å². The molecule has 0 bridgehead atoms. The van der Waals surface area contributed by atoms with Crippen molar-refractivity contribution in [1.29, 1.82) is 0 Å². The monoisotopic (exact) mass is 226 g/mol. The molecule has 1 aromatic rings. The molecule has 0 heterocycles. The standard InChI is InChI=1S/C14H14N2O/c1-10-9-13(7-8-14(10)17)16-12-5-3-11(15-2)4-6-12/h3-9,15H,1-2H3. The highest BCUT2D eigenvalue weighted by atomic mass is 16.1. The summed E-state index contributed by atoms with van der Waals surface area (Å²) in [7, 11) is 1.88. The summed E-state index contributed by atoms with van der Waals surface area (Å²) in [6.07, 6.45) is 5.09. The predicted molar refractivity (Wildman–Crippen MR) is 71.0 cm³/mol. The van der Waals surface area contributed by atoms with Gasteiger partial charge in [-0.1, -0.05) is 0 Å². The van der Waals surface area contributed by atoms with E-state index in [2.05, 4.69) is 10.3 Å². The van der Waals surface area contributed by atoms with Gasteiger partial charge in [0, 0.05) is 12.7 Å². The number of hydrogen-bond acceptors (Lipinski definition) is 3. The summed E-state index contributed by atoms with van der Waals surface area (Å²) in [6, 6.07) is 7.81. The predicted octanol–water partition coefficient (Wildman–Crippen LogP) is 2.89. The van der Waals surface area contributed by atoms with Gasteiger partial charge in [-0.05, 0) is 55.0 Å². The maximum Gasteiger partial charge on any atom is 0.181 e. The molecule has 0 spiro atoms. The molecule has 1 aliphatic carbocycles. The van der Waals surface area contributed by atoms with Crippen LogP contribution >= 0.6 is 0 Å². The van der Waals surface area contributed by atoms with Gasteiger partial charge in [0.15, 0.2) is 5.78 Å². The maximum absolute atomic E-state index is 11.3. The summed E-state index contributed by atoms with van der Waals surface area (Å²) in [5.74, 6) is 0.0504. The zero-order valence-corrected chi connectivity index (χ0v) is 9.90. The summed E-state index contributed by atoms with van der Waals surface area (Å²) >= 11 is 0. The van der Waals surface area contributed by atoms with E-state index in [1.54, 1.807) is 25.2 Å². The number of hydrogen-bond donors (Lipinski definition) is 1. The molecular formula is C14H14N2O. The lowest BCUT2D eigenvalue weighted by molar-refractivity contribution is -0.111. The van der Waals surface area contributed by atoms with Crippen molar-refractivity contribution in [1.82, 2.24) is 0 Å². The first-order valence-electron chi connectivity index (χ1n) is 5.46. The number of rotatable bonds is 2. The topological polar surface area (TPSA) is 41.5 Å². The first-order chi connectivity index (χ1) is 8.19. The Morgan fingerprint density at radius 3 is 2.41 bits per heavy atom. The highest BCUT2D eigenvalue weighted by Gasteiger charge is 2.06. The molecule has 1 aromatic carbocycles. The van der Waals surface area contributed by atoms with E-state index in [4.69, 9.17) is 0 Å². The Kier molecular flexibility index (Phi) is 3.19. The van der Waals surface area contributed by atoms with Crippen LogP contribution in [-0.2, 0) is 4.79 Å². The Balaban J connectivity index is 2.25. The molecule has 86 valence electrons. The molecule has 0 aromatic heterocycles. The first kappa shape index (κ1) is 11.3. The molecule has 0 atom stereocenters. The molecule has 0 saturated carbocycles. The lowest BCUT2D eigenvalue weighted by Gasteiger charge is -2.04. The summed E-state index contributed by atoms with van der Waals surface area (Å²) in [6.45, 7) is 1.80. The Morgan fingerprint density at radius 2 is 1.82 bits per heavy atom. The van der Waals surface area contributed by atoms with E-state index in [9.17, 15) is 4.79 Å². The molecule has 0 aliphatic heterocycles. The van der Waals surface area contributed by atoms with Crippen LogP contribution in [0.4, 0.5) is 11.4 Å². The van der Waals surface area contributed by atoms with Gasteiger partial charge in [-0.3, -0.25) is 4.79 Å². The van der Waals surface area contributed by atoms with Gasteiger partial charge >= 0.3 is 0 Å². The van der Waals surface area contributed by atoms with Gasteiger partial charge in [0.2, 0.25) is 0 Å². The van der Waals surface area contributed by atoms with Gasteiger partial charge in [0.1, 0.15) is 0 Å². The minimum atomic E-state index is 0.0504. The second kappa shape index (κ2) is 4.78. The second-order valence-electron chi connectivity index (χ2n) is 3.86. The van der Waals surface area contributed by atoms with Crippen molar-refractivity contribution in [2.75, 3.05) is 12.4 Å². The largest absolute Gasteiger partial charge is 0.388 e. The van der Waals surface area contributed by atoms with E-state index in [-0.39, 0.29) is 5.78 Å². The lowest BCUT2D eigenvalue weighted by Crippen LogP contribution is -2.04. The van der Waals surface area contributed by atoms with Gasteiger partial charge in [-0.25, -0.2) is 4.99 Å². The molecule has 2 rings (SSSR count). The third kappa shape index (κ3) is 2.69. The summed E-state index contributed by atoms with van der Waals surface area (Å²) in [5.41, 5.74) is 3.45. The van der Waals surface area contributed by atoms with E-state index >= 15 is 0 Å². The zero-order valence-electron chi connectivity index (χ0n) is 9.90. The molecule has 3 heteroatoms. The molecule has 17 heavy (non-hydrogen) atoms. The number of ketones is 1. The number of nitrogens with one attached hydrogen (secondary N) is 1. The SMILES string of the molecule is CNc1ccc(N=C2C=CC(=O)C(C)=C2)cc1. The Bertz CT molecular complexity index is 522. The molecule has 0 fully saturated rings. The molecule has 3 nitrogen and oxygen atoms in total. The minimum Gasteiger partial charge on any atom is -0.388 e. The van der Waals surface area contributed by atoms with Crippen LogP contribution in [0, 0.1) is 0 Å². The Morgan fingerprint density at radius 1 is 1.12 bits per heavy atom. The third-order valence-corrected chi connectivity index (χ3v) is 2.57. The molecule has 1 aliphatic rings. The number of carbonyl (C=O) groups is 1. The van der Waals surface area contributed by atoms with Gasteiger partial charge in [-0.2, -0.15) is 0 Å². The van der Waals surface area contributed by atoms with Crippen molar-refractivity contribution < 1.29 is 4.79 Å². The average molecular weight is 226 g/mol. The van der Waals surface area contributed by atoms with E-state index in [0.29, 0.717) is 0 Å². The normalized spacial score (nSPS) is 17.2. The lowest BCUT2D eigenvalue weighted by atomic mass is 10.1. The van der Waals surface area contributed by atoms with Crippen molar-refractivity contribution in [3.63, 3.8) is 0 Å². The fraction of sp³-hybridized carbons (Fsp3) is 0.143. The fourth-order valence-corrected chi connectivity index (χ4v) is 1.55. The third-order valence-electron chi connectivity index (χ3n) is 2.57. The van der Waals surface area contributed by atoms with Crippen LogP contribution < -0.4 is 5.32 Å². The highest BCUT2D eigenvalue weighted by Crippen LogP contribution is 2.17. The summed E-state index contributed by atoms with van der Waals surface area (Å²) < 4.78 is 0. The second-order valence-corrected chi connectivity index (χ2v) is 3.86. The van der Waals surface area contributed by atoms with Gasteiger partial charge in [-0.15, -0.1) is 0 Å². The number of benzene rings is 1. The van der Waals surface area contributed by atoms with Crippen LogP contribution in [0.2, 0.25) is 0 Å². The highest BCUT2D eigenvalue weighted by molar-refractivity contribution is 6.19. The van der Waals surface area contributed by atoms with Crippen LogP contribution in [0.15, 0.2) is 53.1 Å². The molecule has 0 saturated heterocycles. The number of nitrogens with zero attached hydrogens (tertiary/aromatic N) is 1. The van der Waals surface area contributed by atoms with Crippen LogP contribution in [0.25, 0.3) is 0 Å². The van der Waals surface area contributed by atoms with E-state index in [1.807, 2.05) is 31.3 Å². The molecule has 0 radical (unpaired) electrons. The molecule has 0 unspecified atom stereocenters. The van der Waals surface area contributed by atoms with Gasteiger partial charge in [0.05, 0.1) is 11.4 Å². The van der Waals surface area contributed by atoms with Gasteiger partial charge in [0.25, 0.3) is 0 Å². The Labute approximate surface area is 101 Å². The number of anilines is 1. The first-order valence-corrected chi connectivity index (χ1v) is 5.46. The Hall–Kier alpha value is -2.16. The van der Waals surface area contributed by atoms with Crippen molar-refractivity contribution >= 4 is 22.9 Å². The zero-order chi connectivity index (χ0) is 12.3. The van der Waals surface area contributed by atoms with Crippen LogP contribution in [0.5, 0.6) is 0 Å². The van der Waals surface area contributed by atoms with Crippen LogP contribution in [-0.4, -0.2) is 18.5 Å². The summed E-state index contributed by atoms with van der Waals surface area (Å²) in [4.78, 5) is 15.7. The van der Waals surface area contributed by atoms with Crippen LogP contribution in [0.1, 0.15) is 6.92 Å². The molecule has 1 N–H and O–H groups in total. The minimum absolute atomic E-state index is 0.0504. The average Bonchev–Trinajstić information content (AvgIpc) is 2.35. The smallest absolute Gasteiger partial charge is 0.181 e. The van der Waals surface area contributed by atoms with Crippen molar-refractivity contribution in [2.45, 2.75) is 6.92 Å². The van der Waals surface area contributed by atoms with E-state index < -0.39 is 0 Å². The van der Waals surface area contributed by atoms with E-state index in [1.165, 1.54) is 0 Å². The number of carbonyl (C=O) groups excluding carboxylic acids is 1. The number of aliphatic imine (C=N–C) groups is 1. The quantitative estimate of drug-likeness (QED) is 0.788. The molecule has 0 amide bonds. The maximum atomic E-state index is 11.3. The van der Waals surface area contributed by atoms with E-state index in [0.717, 1.165) is 22.7 Å². The molecular weight excluding hydrogens is 212 g/mol. The fourth-order valence-electron chi connectivity index (χ4n) is 1.55. The number of allylic oxidation sites excluding steroid dienone is 4. The van der Waals surface area contributed by atoms with Gasteiger partial charge < -0.3 is 5.32 Å². The van der Waals surface area contributed by atoms with Crippen molar-refractivity contribution in [3.8, 4) is 0 Å². The van der Waals surface area contributed by atoms with Crippen molar-refractivity contribution in [3.05, 3.63) is 48.1 Å². The summed E-state index contributed by atoms with van der Waals surface area (Å²) in [5, 5.41) is 3.05. The van der Waals surface area contributed by atoms with Crippen LogP contribution in [0.3, 0.4) is 0 Å².